The first kappa shape index (κ1) is 15.3. The third-order valence-electron chi connectivity index (χ3n) is 2.60. The molecule has 2 aromatic carbocycles. The molecule has 0 aliphatic carbocycles. The topological polar surface area (TPSA) is 46.2 Å². The summed E-state index contributed by atoms with van der Waals surface area (Å²) in [4.78, 5) is 0.00921. The van der Waals surface area contributed by atoms with E-state index in [9.17, 15) is 12.8 Å². The van der Waals surface area contributed by atoms with Crippen molar-refractivity contribution in [3.63, 3.8) is 0 Å². The lowest BCUT2D eigenvalue weighted by atomic mass is 10.2. The molecule has 0 spiro atoms. The van der Waals surface area contributed by atoms with Crippen LogP contribution in [0.1, 0.15) is 5.56 Å². The average molecular weight is 379 g/mol. The van der Waals surface area contributed by atoms with Gasteiger partial charge in [-0.15, -0.1) is 0 Å². The highest BCUT2D eigenvalue weighted by Crippen LogP contribution is 2.28. The van der Waals surface area contributed by atoms with Crippen LogP contribution < -0.4 is 4.72 Å². The number of anilines is 1. The summed E-state index contributed by atoms with van der Waals surface area (Å²) in [6.45, 7) is 1.53. The summed E-state index contributed by atoms with van der Waals surface area (Å²) in [7, 11) is -3.82. The van der Waals surface area contributed by atoms with E-state index in [1.807, 2.05) is 0 Å². The molecule has 0 aliphatic rings. The second kappa shape index (κ2) is 5.71. The van der Waals surface area contributed by atoms with Crippen molar-refractivity contribution in [3.8, 4) is 0 Å². The molecule has 106 valence electrons. The number of hydrogen-bond acceptors (Lipinski definition) is 2. The average Bonchev–Trinajstić information content (AvgIpc) is 2.33. The van der Waals surface area contributed by atoms with Gasteiger partial charge in [0, 0.05) is 4.47 Å². The highest BCUT2D eigenvalue weighted by Gasteiger charge is 2.18. The van der Waals surface area contributed by atoms with Gasteiger partial charge >= 0.3 is 0 Å². The fourth-order valence-electron chi connectivity index (χ4n) is 1.69. The number of hydrogen-bond donors (Lipinski definition) is 1. The van der Waals surface area contributed by atoms with Crippen LogP contribution in [0.2, 0.25) is 5.02 Å². The molecular weight excluding hydrogens is 369 g/mol. The number of rotatable bonds is 3. The molecule has 2 aromatic rings. The second-order valence-corrected chi connectivity index (χ2v) is 7.11. The molecule has 20 heavy (non-hydrogen) atoms. The first-order valence-corrected chi connectivity index (χ1v) is 8.19. The lowest BCUT2D eigenvalue weighted by Gasteiger charge is -2.12. The van der Waals surface area contributed by atoms with E-state index in [1.165, 1.54) is 13.0 Å². The number of halogens is 3. The maximum absolute atomic E-state index is 13.0. The Kier molecular flexibility index (Phi) is 4.36. The summed E-state index contributed by atoms with van der Waals surface area (Å²) in [5, 5.41) is 0.275. The van der Waals surface area contributed by atoms with Crippen LogP contribution in [0, 0.1) is 12.7 Å². The van der Waals surface area contributed by atoms with Crippen LogP contribution in [0.15, 0.2) is 45.8 Å². The van der Waals surface area contributed by atoms with Gasteiger partial charge in [-0.25, -0.2) is 12.8 Å². The molecule has 0 amide bonds. The van der Waals surface area contributed by atoms with Gasteiger partial charge in [-0.2, -0.15) is 0 Å². The summed E-state index contributed by atoms with van der Waals surface area (Å²) >= 11 is 9.19. The minimum Gasteiger partial charge on any atom is -0.278 e. The van der Waals surface area contributed by atoms with Crippen molar-refractivity contribution in [2.45, 2.75) is 11.8 Å². The zero-order valence-electron chi connectivity index (χ0n) is 10.3. The van der Waals surface area contributed by atoms with E-state index < -0.39 is 15.8 Å². The number of nitrogens with one attached hydrogen (secondary N) is 1. The monoisotopic (exact) mass is 377 g/mol. The fraction of sp³-hybridized carbons (Fsp3) is 0.0769. The van der Waals surface area contributed by atoms with Crippen molar-refractivity contribution in [2.75, 3.05) is 4.72 Å². The van der Waals surface area contributed by atoms with Gasteiger partial charge in [0.2, 0.25) is 0 Å². The van der Waals surface area contributed by atoms with Crippen molar-refractivity contribution in [1.82, 2.24) is 0 Å². The molecule has 0 radical (unpaired) electrons. The maximum Gasteiger partial charge on any atom is 0.262 e. The number of benzene rings is 2. The Morgan fingerprint density at radius 2 is 1.90 bits per heavy atom. The minimum atomic E-state index is -3.82. The Balaban J connectivity index is 2.43. The predicted octanol–water partition coefficient (Wildman–Crippen LogP) is 4.35. The first-order chi connectivity index (χ1) is 9.29. The standard InChI is InChI=1S/C13H10BrClFNO2S/c1-8-6-10(16)3-5-13(8)20(18,19)17-12-7-9(14)2-4-11(12)15/h2-7,17H,1H3. The van der Waals surface area contributed by atoms with E-state index in [2.05, 4.69) is 20.7 Å². The molecule has 0 saturated heterocycles. The Morgan fingerprint density at radius 3 is 2.55 bits per heavy atom. The van der Waals surface area contributed by atoms with E-state index in [-0.39, 0.29) is 15.6 Å². The van der Waals surface area contributed by atoms with Gasteiger partial charge in [0.25, 0.3) is 10.0 Å². The van der Waals surface area contributed by atoms with Crippen LogP contribution in [0.4, 0.5) is 10.1 Å². The van der Waals surface area contributed by atoms with Gasteiger partial charge in [-0.1, -0.05) is 27.5 Å². The van der Waals surface area contributed by atoms with Crippen molar-refractivity contribution in [2.24, 2.45) is 0 Å². The lowest BCUT2D eigenvalue weighted by Crippen LogP contribution is -2.14. The Labute approximate surface area is 130 Å². The molecule has 7 heteroatoms. The van der Waals surface area contributed by atoms with E-state index in [0.717, 1.165) is 12.1 Å². The first-order valence-electron chi connectivity index (χ1n) is 5.53. The normalized spacial score (nSPS) is 11.4. The molecule has 0 atom stereocenters. The van der Waals surface area contributed by atoms with Gasteiger partial charge in [0.1, 0.15) is 5.82 Å². The van der Waals surface area contributed by atoms with Crippen molar-refractivity contribution in [1.29, 1.82) is 0 Å². The minimum absolute atomic E-state index is 0.00921. The number of sulfonamides is 1. The van der Waals surface area contributed by atoms with Crippen molar-refractivity contribution in [3.05, 3.63) is 57.3 Å². The van der Waals surface area contributed by atoms with Crippen LogP contribution in [0.3, 0.4) is 0 Å². The molecule has 0 bridgehead atoms. The molecule has 0 aliphatic heterocycles. The second-order valence-electron chi connectivity index (χ2n) is 4.14. The molecule has 2 rings (SSSR count). The van der Waals surface area contributed by atoms with E-state index in [1.54, 1.807) is 18.2 Å². The molecule has 0 aromatic heterocycles. The SMILES string of the molecule is Cc1cc(F)ccc1S(=O)(=O)Nc1cc(Br)ccc1Cl. The summed E-state index contributed by atoms with van der Waals surface area (Å²) in [6.07, 6.45) is 0. The molecule has 0 unspecified atom stereocenters. The van der Waals surface area contributed by atoms with Crippen LogP contribution in [-0.2, 0) is 10.0 Å². The van der Waals surface area contributed by atoms with Gasteiger partial charge in [-0.05, 0) is 48.9 Å². The van der Waals surface area contributed by atoms with Crippen molar-refractivity contribution >= 4 is 43.2 Å². The smallest absolute Gasteiger partial charge is 0.262 e. The van der Waals surface area contributed by atoms with Gasteiger partial charge in [0.05, 0.1) is 15.6 Å². The van der Waals surface area contributed by atoms with Crippen LogP contribution in [0.25, 0.3) is 0 Å². The quantitative estimate of drug-likeness (QED) is 0.863. The molecule has 1 N–H and O–H groups in total. The van der Waals surface area contributed by atoms with Crippen LogP contribution >= 0.6 is 27.5 Å². The maximum atomic E-state index is 13.0. The highest BCUT2D eigenvalue weighted by atomic mass is 79.9. The Bertz CT molecular complexity index is 765. The Hall–Kier alpha value is -1.11. The predicted molar refractivity (Wildman–Crippen MR) is 81.1 cm³/mol. The summed E-state index contributed by atoms with van der Waals surface area (Å²) in [5.41, 5.74) is 0.577. The largest absolute Gasteiger partial charge is 0.278 e. The summed E-state index contributed by atoms with van der Waals surface area (Å²) in [5.74, 6) is -0.484. The Morgan fingerprint density at radius 1 is 1.20 bits per heavy atom. The summed E-state index contributed by atoms with van der Waals surface area (Å²) in [6, 6.07) is 8.31. The third-order valence-corrected chi connectivity index (χ3v) is 4.95. The molecule has 0 fully saturated rings. The van der Waals surface area contributed by atoms with E-state index in [0.29, 0.717) is 10.0 Å². The van der Waals surface area contributed by atoms with Crippen LogP contribution in [0.5, 0.6) is 0 Å². The fourth-order valence-corrected chi connectivity index (χ4v) is 3.57. The van der Waals surface area contributed by atoms with Crippen molar-refractivity contribution < 1.29 is 12.8 Å². The lowest BCUT2D eigenvalue weighted by molar-refractivity contribution is 0.598. The van der Waals surface area contributed by atoms with Gasteiger partial charge in [-0.3, -0.25) is 4.72 Å². The molecule has 3 nitrogen and oxygen atoms in total. The van der Waals surface area contributed by atoms with Gasteiger partial charge in [0.15, 0.2) is 0 Å². The highest BCUT2D eigenvalue weighted by molar-refractivity contribution is 9.10. The van der Waals surface area contributed by atoms with Crippen LogP contribution in [-0.4, -0.2) is 8.42 Å². The molecule has 0 heterocycles. The van der Waals surface area contributed by atoms with E-state index >= 15 is 0 Å². The molecular formula is C13H10BrClFNO2S. The van der Waals surface area contributed by atoms with Gasteiger partial charge < -0.3 is 0 Å². The zero-order valence-corrected chi connectivity index (χ0v) is 13.5. The zero-order chi connectivity index (χ0) is 14.9. The van der Waals surface area contributed by atoms with E-state index in [4.69, 9.17) is 11.6 Å². The summed E-state index contributed by atoms with van der Waals surface area (Å²) < 4.78 is 40.7. The third kappa shape index (κ3) is 3.31. The number of aryl methyl sites for hydroxylation is 1. The molecule has 0 saturated carbocycles.